The molecule has 1 aromatic carbocycles. The van der Waals surface area contributed by atoms with Gasteiger partial charge in [0.25, 0.3) is 5.71 Å². The number of nitrogens with zero attached hydrogens (tertiary/aromatic N) is 4. The Bertz CT molecular complexity index is 1060. The monoisotopic (exact) mass is 423 g/mol. The molecule has 3 aromatic rings. The number of hydrogen-bond acceptors (Lipinski definition) is 7. The van der Waals surface area contributed by atoms with Gasteiger partial charge in [-0.15, -0.1) is 0 Å². The van der Waals surface area contributed by atoms with Gasteiger partial charge in [-0.1, -0.05) is 24.2 Å². The first-order chi connectivity index (χ1) is 15.0. The van der Waals surface area contributed by atoms with E-state index in [0.29, 0.717) is 30.9 Å². The molecule has 1 aliphatic rings. The predicted octanol–water partition coefficient (Wildman–Crippen LogP) is 3.42. The van der Waals surface area contributed by atoms with Crippen LogP contribution < -0.4 is 15.0 Å². The molecule has 3 heterocycles. The van der Waals surface area contributed by atoms with E-state index in [-0.39, 0.29) is 5.91 Å². The molecule has 164 valence electrons. The smallest absolute Gasteiger partial charge is 0.263 e. The van der Waals surface area contributed by atoms with Gasteiger partial charge >= 0.3 is 0 Å². The fraction of sp³-hybridized carbons (Fsp3) is 0.478. The number of aromatic nitrogens is 3. The highest BCUT2D eigenvalue weighted by molar-refractivity contribution is 5.88. The van der Waals surface area contributed by atoms with Crippen LogP contribution in [0.1, 0.15) is 43.3 Å². The van der Waals surface area contributed by atoms with Gasteiger partial charge in [0.2, 0.25) is 5.91 Å². The zero-order valence-electron chi connectivity index (χ0n) is 18.4. The normalized spacial score (nSPS) is 14.7. The summed E-state index contributed by atoms with van der Waals surface area (Å²) in [5, 5.41) is 7.91. The quantitative estimate of drug-likeness (QED) is 0.622. The van der Waals surface area contributed by atoms with E-state index in [1.54, 1.807) is 7.11 Å². The van der Waals surface area contributed by atoms with Gasteiger partial charge in [0, 0.05) is 32.5 Å². The largest absolute Gasteiger partial charge is 0.497 e. The van der Waals surface area contributed by atoms with Crippen molar-refractivity contribution in [3.05, 3.63) is 41.3 Å². The average Bonchev–Trinajstić information content (AvgIpc) is 3.17. The Hall–Kier alpha value is -3.16. The van der Waals surface area contributed by atoms with E-state index in [0.717, 1.165) is 60.1 Å². The minimum atomic E-state index is -0.0476. The molecule has 0 radical (unpaired) electrons. The van der Waals surface area contributed by atoms with Gasteiger partial charge in [-0.05, 0) is 43.4 Å². The molecule has 0 saturated carbocycles. The minimum Gasteiger partial charge on any atom is -0.497 e. The van der Waals surface area contributed by atoms with Gasteiger partial charge in [0.05, 0.1) is 12.8 Å². The second-order valence-corrected chi connectivity index (χ2v) is 8.21. The van der Waals surface area contributed by atoms with Crippen LogP contribution in [-0.4, -0.2) is 41.2 Å². The summed E-state index contributed by atoms with van der Waals surface area (Å²) in [4.78, 5) is 24.0. The maximum atomic E-state index is 12.4. The van der Waals surface area contributed by atoms with Gasteiger partial charge in [-0.3, -0.25) is 4.79 Å². The van der Waals surface area contributed by atoms with Crippen molar-refractivity contribution < 1.29 is 14.1 Å². The number of nitrogens with one attached hydrogen (secondary N) is 1. The lowest BCUT2D eigenvalue weighted by Gasteiger charge is -2.31. The summed E-state index contributed by atoms with van der Waals surface area (Å²) >= 11 is 0. The van der Waals surface area contributed by atoms with Gasteiger partial charge < -0.3 is 19.5 Å². The predicted molar refractivity (Wildman–Crippen MR) is 118 cm³/mol. The molecular weight excluding hydrogens is 394 g/mol. The molecule has 1 aliphatic heterocycles. The van der Waals surface area contributed by atoms with Crippen LogP contribution in [0.2, 0.25) is 0 Å². The van der Waals surface area contributed by atoms with Crippen molar-refractivity contribution in [1.82, 2.24) is 20.4 Å². The Kier molecular flexibility index (Phi) is 6.34. The standard InChI is InChI=1S/C23H29N5O3/c1-15-9-11-28(12-10-15)22-21-16(2)27-31-23(21)26-19(25-22)7-8-20(29)24-14-17-5-4-6-18(13-17)30-3/h4-6,13,15H,7-12,14H2,1-3H3,(H,24,29). The Morgan fingerprint density at radius 1 is 1.29 bits per heavy atom. The van der Waals surface area contributed by atoms with E-state index in [9.17, 15) is 4.79 Å². The number of anilines is 1. The Balaban J connectivity index is 1.42. The van der Waals surface area contributed by atoms with Crippen LogP contribution >= 0.6 is 0 Å². The highest BCUT2D eigenvalue weighted by Crippen LogP contribution is 2.30. The second kappa shape index (κ2) is 9.32. The van der Waals surface area contributed by atoms with Crippen LogP contribution in [-0.2, 0) is 17.8 Å². The fourth-order valence-electron chi connectivity index (χ4n) is 3.87. The fourth-order valence-corrected chi connectivity index (χ4v) is 3.87. The third-order valence-electron chi connectivity index (χ3n) is 5.82. The number of carbonyl (C=O) groups excluding carboxylic acids is 1. The van der Waals surface area contributed by atoms with Gasteiger partial charge in [0.15, 0.2) is 0 Å². The first-order valence-electron chi connectivity index (χ1n) is 10.8. The number of fused-ring (bicyclic) bond motifs is 1. The number of carbonyl (C=O) groups is 1. The molecule has 1 amide bonds. The van der Waals surface area contributed by atoms with E-state index in [1.807, 2.05) is 31.2 Å². The third kappa shape index (κ3) is 4.95. The van der Waals surface area contributed by atoms with Crippen molar-refractivity contribution in [2.24, 2.45) is 5.92 Å². The van der Waals surface area contributed by atoms with Gasteiger partial charge in [0.1, 0.15) is 22.8 Å². The number of rotatable bonds is 7. The lowest BCUT2D eigenvalue weighted by atomic mass is 9.99. The first kappa shape index (κ1) is 21.1. The Labute approximate surface area is 182 Å². The van der Waals surface area contributed by atoms with E-state index in [1.165, 1.54) is 0 Å². The number of methoxy groups -OCH3 is 1. The Morgan fingerprint density at radius 2 is 2.10 bits per heavy atom. The topological polar surface area (TPSA) is 93.4 Å². The minimum absolute atomic E-state index is 0.0476. The summed E-state index contributed by atoms with van der Waals surface area (Å²) < 4.78 is 10.7. The summed E-state index contributed by atoms with van der Waals surface area (Å²) in [6, 6.07) is 7.66. The molecule has 31 heavy (non-hydrogen) atoms. The third-order valence-corrected chi connectivity index (χ3v) is 5.82. The molecule has 2 aromatic heterocycles. The lowest BCUT2D eigenvalue weighted by Crippen LogP contribution is -2.34. The number of amides is 1. The summed E-state index contributed by atoms with van der Waals surface area (Å²) in [7, 11) is 1.63. The first-order valence-corrected chi connectivity index (χ1v) is 10.8. The number of piperidine rings is 1. The summed E-state index contributed by atoms with van der Waals surface area (Å²) in [5.41, 5.74) is 2.28. The molecule has 0 spiro atoms. The maximum Gasteiger partial charge on any atom is 0.263 e. The zero-order valence-corrected chi connectivity index (χ0v) is 18.4. The van der Waals surface area contributed by atoms with Crippen molar-refractivity contribution in [3.63, 3.8) is 0 Å². The molecule has 4 rings (SSSR count). The lowest BCUT2D eigenvalue weighted by molar-refractivity contribution is -0.121. The molecule has 1 saturated heterocycles. The van der Waals surface area contributed by atoms with Crippen LogP contribution in [0.3, 0.4) is 0 Å². The summed E-state index contributed by atoms with van der Waals surface area (Å²) in [6.45, 7) is 6.56. The van der Waals surface area contributed by atoms with Crippen molar-refractivity contribution in [2.75, 3.05) is 25.1 Å². The highest BCUT2D eigenvalue weighted by Gasteiger charge is 2.23. The van der Waals surface area contributed by atoms with E-state index >= 15 is 0 Å². The highest BCUT2D eigenvalue weighted by atomic mass is 16.5. The number of aryl methyl sites for hydroxylation is 2. The molecule has 0 aliphatic carbocycles. The molecule has 0 atom stereocenters. The molecule has 0 bridgehead atoms. The van der Waals surface area contributed by atoms with E-state index in [4.69, 9.17) is 14.2 Å². The van der Waals surface area contributed by atoms with Gasteiger partial charge in [-0.2, -0.15) is 4.98 Å². The summed E-state index contributed by atoms with van der Waals surface area (Å²) in [6.07, 6.45) is 3.02. The van der Waals surface area contributed by atoms with Crippen LogP contribution in [0.25, 0.3) is 11.1 Å². The average molecular weight is 424 g/mol. The molecular formula is C23H29N5O3. The number of hydrogen-bond donors (Lipinski definition) is 1. The van der Waals surface area contributed by atoms with Crippen molar-refractivity contribution in [3.8, 4) is 5.75 Å². The summed E-state index contributed by atoms with van der Waals surface area (Å²) in [5.74, 6) is 2.94. The van der Waals surface area contributed by atoms with Crippen LogP contribution in [0.5, 0.6) is 5.75 Å². The number of ether oxygens (including phenoxy) is 1. The maximum absolute atomic E-state index is 12.4. The molecule has 1 fully saturated rings. The number of benzene rings is 1. The van der Waals surface area contributed by atoms with Crippen molar-refractivity contribution in [2.45, 2.75) is 46.1 Å². The Morgan fingerprint density at radius 3 is 2.87 bits per heavy atom. The molecule has 1 N–H and O–H groups in total. The van der Waals surface area contributed by atoms with Crippen molar-refractivity contribution in [1.29, 1.82) is 0 Å². The molecule has 8 heteroatoms. The van der Waals surface area contributed by atoms with Crippen LogP contribution in [0.4, 0.5) is 5.82 Å². The van der Waals surface area contributed by atoms with Crippen LogP contribution in [0, 0.1) is 12.8 Å². The molecule has 8 nitrogen and oxygen atoms in total. The zero-order chi connectivity index (χ0) is 21.8. The van der Waals surface area contributed by atoms with Crippen molar-refractivity contribution >= 4 is 22.8 Å². The van der Waals surface area contributed by atoms with E-state index in [2.05, 4.69) is 27.3 Å². The second-order valence-electron chi connectivity index (χ2n) is 8.21. The molecule has 0 unspecified atom stereocenters. The van der Waals surface area contributed by atoms with Crippen LogP contribution in [0.15, 0.2) is 28.8 Å². The van der Waals surface area contributed by atoms with Gasteiger partial charge in [-0.25, -0.2) is 4.98 Å². The SMILES string of the molecule is COc1cccc(CNC(=O)CCc2nc(N3CCC(C)CC3)c3c(C)noc3n2)c1. The van der Waals surface area contributed by atoms with E-state index < -0.39 is 0 Å².